The number of phosphoric ester groups is 2. The van der Waals surface area contributed by atoms with Gasteiger partial charge in [0.1, 0.15) is 19.3 Å². The largest absolute Gasteiger partial charge is 0.472 e. The van der Waals surface area contributed by atoms with Gasteiger partial charge in [-0.1, -0.05) is 413 Å². The molecular formula is C85H166O17P2. The van der Waals surface area contributed by atoms with Crippen molar-refractivity contribution < 1.29 is 80.2 Å². The van der Waals surface area contributed by atoms with E-state index >= 15 is 0 Å². The van der Waals surface area contributed by atoms with E-state index in [0.717, 1.165) is 89.9 Å². The lowest BCUT2D eigenvalue weighted by atomic mass is 10.0. The molecule has 618 valence electrons. The van der Waals surface area contributed by atoms with Gasteiger partial charge in [0.2, 0.25) is 0 Å². The van der Waals surface area contributed by atoms with Crippen LogP contribution in [0.2, 0.25) is 0 Å². The van der Waals surface area contributed by atoms with Crippen molar-refractivity contribution in [3.8, 4) is 0 Å². The number of unbranched alkanes of at least 4 members (excludes halogenated alkanes) is 60. The number of rotatable bonds is 86. The Kier molecular flexibility index (Phi) is 77.7. The first kappa shape index (κ1) is 102. The average Bonchev–Trinajstić information content (AvgIpc) is 0.937. The lowest BCUT2D eigenvalue weighted by Crippen LogP contribution is -2.30. The maximum atomic E-state index is 13.1. The Labute approximate surface area is 638 Å². The van der Waals surface area contributed by atoms with Gasteiger partial charge in [-0.05, 0) is 25.7 Å². The number of ether oxygens (including phenoxy) is 4. The van der Waals surface area contributed by atoms with Crippen molar-refractivity contribution in [3.63, 3.8) is 0 Å². The zero-order valence-corrected chi connectivity index (χ0v) is 69.8. The fraction of sp³-hybridized carbons (Fsp3) is 0.953. The molecule has 2 unspecified atom stereocenters. The molecule has 0 spiro atoms. The van der Waals surface area contributed by atoms with Crippen molar-refractivity contribution in [2.24, 2.45) is 0 Å². The minimum Gasteiger partial charge on any atom is -0.462 e. The van der Waals surface area contributed by atoms with Crippen LogP contribution in [-0.2, 0) is 65.4 Å². The molecule has 0 aromatic heterocycles. The Morgan fingerprint density at radius 3 is 0.567 bits per heavy atom. The van der Waals surface area contributed by atoms with E-state index in [9.17, 15) is 43.2 Å². The molecule has 0 heterocycles. The molecule has 0 aliphatic rings. The van der Waals surface area contributed by atoms with Gasteiger partial charge < -0.3 is 33.8 Å². The predicted octanol–water partition coefficient (Wildman–Crippen LogP) is 26.1. The van der Waals surface area contributed by atoms with Gasteiger partial charge in [0.15, 0.2) is 12.2 Å². The zero-order chi connectivity index (χ0) is 76.0. The first-order chi connectivity index (χ1) is 50.7. The average molecular weight is 1520 g/mol. The number of carbonyl (C=O) groups excluding carboxylic acids is 4. The third kappa shape index (κ3) is 78.2. The molecule has 0 aromatic rings. The lowest BCUT2D eigenvalue weighted by molar-refractivity contribution is -0.161. The fourth-order valence-electron chi connectivity index (χ4n) is 13.3. The quantitative estimate of drug-likeness (QED) is 0.0222. The summed E-state index contributed by atoms with van der Waals surface area (Å²) < 4.78 is 68.9. The van der Waals surface area contributed by atoms with Crippen LogP contribution in [-0.4, -0.2) is 96.7 Å². The van der Waals surface area contributed by atoms with Crippen molar-refractivity contribution >= 4 is 39.5 Å². The molecule has 0 aliphatic heterocycles. The number of carbonyl (C=O) groups is 4. The zero-order valence-electron chi connectivity index (χ0n) is 68.0. The molecule has 0 aromatic carbocycles. The summed E-state index contributed by atoms with van der Waals surface area (Å²) in [4.78, 5) is 73.2. The minimum absolute atomic E-state index is 0.109. The lowest BCUT2D eigenvalue weighted by Gasteiger charge is -2.21. The fourth-order valence-corrected chi connectivity index (χ4v) is 14.9. The first-order valence-electron chi connectivity index (χ1n) is 44.3. The summed E-state index contributed by atoms with van der Waals surface area (Å²) in [6.07, 6.45) is 73.5. The monoisotopic (exact) mass is 1520 g/mol. The summed E-state index contributed by atoms with van der Waals surface area (Å²) in [7, 11) is -9.92. The third-order valence-corrected chi connectivity index (χ3v) is 22.0. The highest BCUT2D eigenvalue weighted by atomic mass is 31.2. The first-order valence-corrected chi connectivity index (χ1v) is 47.3. The molecule has 104 heavy (non-hydrogen) atoms. The van der Waals surface area contributed by atoms with Crippen LogP contribution in [0.5, 0.6) is 0 Å². The Hall–Kier alpha value is -1.94. The number of aliphatic hydroxyl groups excluding tert-OH is 1. The number of esters is 4. The molecule has 17 nitrogen and oxygen atoms in total. The van der Waals surface area contributed by atoms with Crippen molar-refractivity contribution in [3.05, 3.63) is 0 Å². The number of phosphoric acid groups is 2. The second kappa shape index (κ2) is 79.2. The van der Waals surface area contributed by atoms with Crippen LogP contribution < -0.4 is 0 Å². The topological polar surface area (TPSA) is 237 Å². The van der Waals surface area contributed by atoms with E-state index in [2.05, 4.69) is 27.7 Å². The van der Waals surface area contributed by atoms with Gasteiger partial charge in [0.05, 0.1) is 26.4 Å². The molecular weight excluding hydrogens is 1350 g/mol. The second-order valence-corrected chi connectivity index (χ2v) is 33.5. The normalized spacial score (nSPS) is 13.7. The summed E-state index contributed by atoms with van der Waals surface area (Å²) >= 11 is 0. The van der Waals surface area contributed by atoms with Gasteiger partial charge in [0, 0.05) is 25.7 Å². The van der Waals surface area contributed by atoms with Gasteiger partial charge in [-0.3, -0.25) is 37.3 Å². The molecule has 0 radical (unpaired) electrons. The van der Waals surface area contributed by atoms with E-state index < -0.39 is 97.5 Å². The van der Waals surface area contributed by atoms with Crippen LogP contribution in [0.25, 0.3) is 0 Å². The van der Waals surface area contributed by atoms with E-state index in [1.54, 1.807) is 0 Å². The van der Waals surface area contributed by atoms with Crippen LogP contribution in [0.4, 0.5) is 0 Å². The highest BCUT2D eigenvalue weighted by Gasteiger charge is 2.30. The molecule has 0 fully saturated rings. The van der Waals surface area contributed by atoms with Gasteiger partial charge in [-0.15, -0.1) is 0 Å². The number of aliphatic hydroxyl groups is 1. The molecule has 5 atom stereocenters. The standard InChI is InChI=1S/C85H166O17P2/c1-5-9-13-17-21-25-29-33-36-38-39-40-42-45-48-52-56-60-64-68-72-85(90)102-81(76-96-83(88)70-66-62-58-54-50-46-44-41-37-34-30-26-22-18-14-10-6-2)78-100-104(93,94)98-74-79(86)73-97-103(91,92)99-77-80(75-95-82(87)69-65-61-57-53-49-32-28-24-20-16-12-8-4)101-84(89)71-67-63-59-55-51-47-43-35-31-27-23-19-15-11-7-3/h79-81,86H,5-78H2,1-4H3,(H,91,92)(H,93,94)/t79-,80+,81+/m0/s1. The molecule has 0 rings (SSSR count). The van der Waals surface area contributed by atoms with E-state index in [-0.39, 0.29) is 25.7 Å². The summed E-state index contributed by atoms with van der Waals surface area (Å²) in [5, 5.41) is 10.7. The predicted molar refractivity (Wildman–Crippen MR) is 428 cm³/mol. The smallest absolute Gasteiger partial charge is 0.462 e. The van der Waals surface area contributed by atoms with E-state index in [4.69, 9.17) is 37.0 Å². The molecule has 0 aliphatic carbocycles. The van der Waals surface area contributed by atoms with Crippen molar-refractivity contribution in [2.75, 3.05) is 39.6 Å². The summed E-state index contributed by atoms with van der Waals surface area (Å²) in [6.45, 7) is 5.06. The maximum Gasteiger partial charge on any atom is 0.472 e. The SMILES string of the molecule is CCCCCCCCCCCCCCCCCCCCCCC(=O)O[C@H](COC(=O)CCCCCCCCCCCCCCCCCCC)COP(=O)(O)OC[C@@H](O)COP(=O)(O)OC[C@@H](COC(=O)CCCCCCCCCCCCCC)OC(=O)CCCCCCCCCCCCCCCCC. The summed E-state index contributed by atoms with van der Waals surface area (Å²) in [5.41, 5.74) is 0. The van der Waals surface area contributed by atoms with Crippen molar-refractivity contribution in [2.45, 2.75) is 483 Å². The molecule has 0 bridgehead atoms. The number of hydrogen-bond acceptors (Lipinski definition) is 15. The highest BCUT2D eigenvalue weighted by molar-refractivity contribution is 7.47. The Balaban J connectivity index is 5.25. The van der Waals surface area contributed by atoms with Crippen LogP contribution in [0.3, 0.4) is 0 Å². The van der Waals surface area contributed by atoms with Gasteiger partial charge in [-0.2, -0.15) is 0 Å². The van der Waals surface area contributed by atoms with E-state index in [0.29, 0.717) is 25.7 Å². The summed E-state index contributed by atoms with van der Waals surface area (Å²) in [5.74, 6) is -2.10. The van der Waals surface area contributed by atoms with Gasteiger partial charge >= 0.3 is 39.5 Å². The Morgan fingerprint density at radius 2 is 0.385 bits per heavy atom. The third-order valence-electron chi connectivity index (χ3n) is 20.1. The Bertz CT molecular complexity index is 1960. The van der Waals surface area contributed by atoms with Crippen molar-refractivity contribution in [1.29, 1.82) is 0 Å². The molecule has 0 amide bonds. The maximum absolute atomic E-state index is 13.1. The molecule has 0 saturated heterocycles. The van der Waals surface area contributed by atoms with Gasteiger partial charge in [-0.25, -0.2) is 9.13 Å². The van der Waals surface area contributed by atoms with Crippen LogP contribution in [0.1, 0.15) is 464 Å². The van der Waals surface area contributed by atoms with Crippen molar-refractivity contribution in [1.82, 2.24) is 0 Å². The highest BCUT2D eigenvalue weighted by Crippen LogP contribution is 2.45. The molecule has 19 heteroatoms. The number of hydrogen-bond donors (Lipinski definition) is 3. The minimum atomic E-state index is -4.96. The summed E-state index contributed by atoms with van der Waals surface area (Å²) in [6, 6.07) is 0. The molecule has 0 saturated carbocycles. The van der Waals surface area contributed by atoms with E-state index in [1.807, 2.05) is 0 Å². The van der Waals surface area contributed by atoms with Crippen LogP contribution in [0.15, 0.2) is 0 Å². The second-order valence-electron chi connectivity index (χ2n) is 30.6. The molecule has 3 N–H and O–H groups in total. The van der Waals surface area contributed by atoms with E-state index in [1.165, 1.54) is 295 Å². The van der Waals surface area contributed by atoms with Crippen LogP contribution >= 0.6 is 15.6 Å². The Morgan fingerprint density at radius 1 is 0.231 bits per heavy atom. The van der Waals surface area contributed by atoms with Crippen LogP contribution in [0, 0.1) is 0 Å². The van der Waals surface area contributed by atoms with Gasteiger partial charge in [0.25, 0.3) is 0 Å².